The van der Waals surface area contributed by atoms with E-state index in [1.54, 1.807) is 11.3 Å². The second kappa shape index (κ2) is 7.58. The molecule has 136 valence electrons. The van der Waals surface area contributed by atoms with E-state index in [1.807, 2.05) is 22.9 Å². The molecule has 2 heterocycles. The van der Waals surface area contributed by atoms with Gasteiger partial charge in [0.15, 0.2) is 5.13 Å². The number of anilines is 1. The smallest absolute Gasteiger partial charge is 0.232 e. The van der Waals surface area contributed by atoms with Gasteiger partial charge in [0.1, 0.15) is 0 Å². The van der Waals surface area contributed by atoms with Crippen molar-refractivity contribution in [2.45, 2.75) is 26.2 Å². The molecule has 2 aromatic carbocycles. The second-order valence-electron chi connectivity index (χ2n) is 6.66. The summed E-state index contributed by atoms with van der Waals surface area (Å²) in [6.07, 6.45) is 0.272. The molecule has 0 spiro atoms. The van der Waals surface area contributed by atoms with Gasteiger partial charge in [-0.05, 0) is 16.8 Å². The van der Waals surface area contributed by atoms with Gasteiger partial charge in [0.2, 0.25) is 5.91 Å². The van der Waals surface area contributed by atoms with Gasteiger partial charge in [-0.15, -0.1) is 22.7 Å². The number of carbonyl (C=O) groups excluding carboxylic acids is 1. The van der Waals surface area contributed by atoms with Gasteiger partial charge in [-0.2, -0.15) is 0 Å². The molecule has 4 nitrogen and oxygen atoms in total. The topological polar surface area (TPSA) is 54.9 Å². The number of carbonyl (C=O) groups is 1. The molecule has 0 atom stereocenters. The molecule has 1 N–H and O–H groups in total. The minimum Gasteiger partial charge on any atom is -0.302 e. The number of hydrogen-bond donors (Lipinski definition) is 1. The molecule has 2 aromatic heterocycles. The fourth-order valence-corrected chi connectivity index (χ4v) is 4.38. The Morgan fingerprint density at radius 1 is 1.04 bits per heavy atom. The predicted molar refractivity (Wildman–Crippen MR) is 114 cm³/mol. The summed E-state index contributed by atoms with van der Waals surface area (Å²) < 4.78 is 0. The molecular weight excluding hydrogens is 374 g/mol. The van der Waals surface area contributed by atoms with Crippen LogP contribution in [0.5, 0.6) is 0 Å². The van der Waals surface area contributed by atoms with Crippen LogP contribution in [0.4, 0.5) is 5.13 Å². The van der Waals surface area contributed by atoms with Gasteiger partial charge in [0.25, 0.3) is 0 Å². The summed E-state index contributed by atoms with van der Waals surface area (Å²) in [6.45, 7) is 4.21. The number of aromatic nitrogens is 2. The molecule has 4 rings (SSSR count). The number of rotatable bonds is 5. The van der Waals surface area contributed by atoms with E-state index in [9.17, 15) is 4.79 Å². The summed E-state index contributed by atoms with van der Waals surface area (Å²) in [7, 11) is 0. The van der Waals surface area contributed by atoms with Crippen LogP contribution in [0.2, 0.25) is 0 Å². The van der Waals surface area contributed by atoms with Crippen molar-refractivity contribution < 1.29 is 4.79 Å². The van der Waals surface area contributed by atoms with E-state index < -0.39 is 0 Å². The largest absolute Gasteiger partial charge is 0.302 e. The SMILES string of the molecule is CC(C)c1nc(CC(=O)Nc2nc(-c3ccc4ccccc4c3)cs2)cs1. The normalized spacial score (nSPS) is 11.2. The van der Waals surface area contributed by atoms with Crippen LogP contribution in [0, 0.1) is 0 Å². The lowest BCUT2D eigenvalue weighted by atomic mass is 10.1. The van der Waals surface area contributed by atoms with Gasteiger partial charge in [-0.25, -0.2) is 9.97 Å². The van der Waals surface area contributed by atoms with E-state index in [2.05, 4.69) is 59.5 Å². The van der Waals surface area contributed by atoms with Gasteiger partial charge in [-0.3, -0.25) is 4.79 Å². The average molecular weight is 394 g/mol. The molecule has 6 heteroatoms. The highest BCUT2D eigenvalue weighted by atomic mass is 32.1. The summed E-state index contributed by atoms with van der Waals surface area (Å²) in [5, 5.41) is 10.9. The molecule has 0 radical (unpaired) electrons. The molecule has 4 aromatic rings. The van der Waals surface area contributed by atoms with Gasteiger partial charge in [0, 0.05) is 22.2 Å². The van der Waals surface area contributed by atoms with E-state index in [-0.39, 0.29) is 12.3 Å². The Kier molecular flexibility index (Phi) is 5.01. The van der Waals surface area contributed by atoms with Crippen molar-refractivity contribution in [2.24, 2.45) is 0 Å². The first-order valence-corrected chi connectivity index (χ1v) is 10.5. The first kappa shape index (κ1) is 17.8. The number of nitrogens with zero attached hydrogens (tertiary/aromatic N) is 2. The van der Waals surface area contributed by atoms with Crippen molar-refractivity contribution in [3.05, 3.63) is 63.9 Å². The fraction of sp³-hybridized carbons (Fsp3) is 0.190. The molecule has 0 unspecified atom stereocenters. The van der Waals surface area contributed by atoms with E-state index in [0.717, 1.165) is 22.0 Å². The van der Waals surface area contributed by atoms with Gasteiger partial charge < -0.3 is 5.32 Å². The third-order valence-corrected chi connectivity index (χ3v) is 6.15. The Morgan fingerprint density at radius 2 is 1.85 bits per heavy atom. The zero-order valence-corrected chi connectivity index (χ0v) is 16.7. The first-order valence-electron chi connectivity index (χ1n) is 8.77. The number of hydrogen-bond acceptors (Lipinski definition) is 5. The van der Waals surface area contributed by atoms with Crippen molar-refractivity contribution in [3.8, 4) is 11.3 Å². The summed E-state index contributed by atoms with van der Waals surface area (Å²) in [5.74, 6) is 0.297. The molecule has 0 bridgehead atoms. The van der Waals surface area contributed by atoms with Gasteiger partial charge in [0.05, 0.1) is 22.8 Å². The molecule has 0 aliphatic rings. The standard InChI is InChI=1S/C21H19N3OS2/c1-13(2)20-22-17(11-26-20)10-19(25)24-21-23-18(12-27-21)16-8-7-14-5-3-4-6-15(14)9-16/h3-9,11-13H,10H2,1-2H3,(H,23,24,25). The highest BCUT2D eigenvalue weighted by Gasteiger charge is 2.12. The summed E-state index contributed by atoms with van der Waals surface area (Å²) >= 11 is 3.04. The highest BCUT2D eigenvalue weighted by Crippen LogP contribution is 2.28. The minimum atomic E-state index is -0.0879. The second-order valence-corrected chi connectivity index (χ2v) is 8.40. The van der Waals surface area contributed by atoms with Crippen LogP contribution in [0.3, 0.4) is 0 Å². The van der Waals surface area contributed by atoms with E-state index in [4.69, 9.17) is 0 Å². The van der Waals surface area contributed by atoms with E-state index >= 15 is 0 Å². The van der Waals surface area contributed by atoms with Crippen LogP contribution in [0.15, 0.2) is 53.2 Å². The molecule has 1 amide bonds. The minimum absolute atomic E-state index is 0.0879. The molecule has 0 saturated carbocycles. The number of thiazole rings is 2. The third-order valence-electron chi connectivity index (χ3n) is 4.20. The third kappa shape index (κ3) is 4.07. The van der Waals surface area contributed by atoms with Crippen molar-refractivity contribution in [2.75, 3.05) is 5.32 Å². The fourth-order valence-electron chi connectivity index (χ4n) is 2.81. The highest BCUT2D eigenvalue weighted by molar-refractivity contribution is 7.14. The van der Waals surface area contributed by atoms with E-state index in [0.29, 0.717) is 11.0 Å². The Morgan fingerprint density at radius 3 is 2.63 bits per heavy atom. The monoisotopic (exact) mass is 393 g/mol. The summed E-state index contributed by atoms with van der Waals surface area (Å²) in [6, 6.07) is 14.5. The van der Waals surface area contributed by atoms with Crippen LogP contribution in [-0.2, 0) is 11.2 Å². The van der Waals surface area contributed by atoms with Crippen molar-refractivity contribution in [1.29, 1.82) is 0 Å². The maximum absolute atomic E-state index is 12.3. The van der Waals surface area contributed by atoms with Crippen LogP contribution in [-0.4, -0.2) is 15.9 Å². The van der Waals surface area contributed by atoms with E-state index in [1.165, 1.54) is 22.1 Å². The maximum atomic E-state index is 12.3. The average Bonchev–Trinajstić information content (AvgIpc) is 3.31. The number of fused-ring (bicyclic) bond motifs is 1. The van der Waals surface area contributed by atoms with Crippen molar-refractivity contribution >= 4 is 44.5 Å². The Bertz CT molecular complexity index is 1100. The van der Waals surface area contributed by atoms with Gasteiger partial charge in [-0.1, -0.05) is 50.2 Å². The molecule has 27 heavy (non-hydrogen) atoms. The molecule has 0 saturated heterocycles. The lowest BCUT2D eigenvalue weighted by molar-refractivity contribution is -0.115. The number of benzene rings is 2. The first-order chi connectivity index (χ1) is 13.1. The lowest BCUT2D eigenvalue weighted by Crippen LogP contribution is -2.14. The quantitative estimate of drug-likeness (QED) is 0.471. The molecule has 0 aliphatic heterocycles. The van der Waals surface area contributed by atoms with Crippen LogP contribution >= 0.6 is 22.7 Å². The van der Waals surface area contributed by atoms with Crippen molar-refractivity contribution in [3.63, 3.8) is 0 Å². The van der Waals surface area contributed by atoms with Crippen LogP contribution in [0.25, 0.3) is 22.0 Å². The Labute approximate surface area is 165 Å². The Hall–Kier alpha value is -2.57. The molecular formula is C21H19N3OS2. The number of nitrogens with one attached hydrogen (secondary N) is 1. The predicted octanol–water partition coefficient (Wildman–Crippen LogP) is 5.72. The zero-order valence-electron chi connectivity index (χ0n) is 15.1. The maximum Gasteiger partial charge on any atom is 0.232 e. The Balaban J connectivity index is 1.45. The molecule has 0 fully saturated rings. The van der Waals surface area contributed by atoms with Crippen LogP contribution in [0.1, 0.15) is 30.5 Å². The van der Waals surface area contributed by atoms with Crippen LogP contribution < -0.4 is 5.32 Å². The number of amides is 1. The van der Waals surface area contributed by atoms with Gasteiger partial charge >= 0.3 is 0 Å². The summed E-state index contributed by atoms with van der Waals surface area (Å²) in [4.78, 5) is 21.4. The summed E-state index contributed by atoms with van der Waals surface area (Å²) in [5.41, 5.74) is 2.73. The zero-order chi connectivity index (χ0) is 18.8. The van der Waals surface area contributed by atoms with Crippen molar-refractivity contribution in [1.82, 2.24) is 9.97 Å². The lowest BCUT2D eigenvalue weighted by Gasteiger charge is -2.02. The molecule has 0 aliphatic carbocycles.